The Morgan fingerprint density at radius 3 is 2.71 bits per heavy atom. The number of methoxy groups -OCH3 is 1. The number of phenols is 2. The van der Waals surface area contributed by atoms with Crippen LogP contribution in [-0.4, -0.2) is 38.9 Å². The molecule has 0 saturated carbocycles. The summed E-state index contributed by atoms with van der Waals surface area (Å²) in [5.41, 5.74) is 3.12. The number of nitrogens with zero attached hydrogens (tertiary/aromatic N) is 3. The van der Waals surface area contributed by atoms with E-state index in [1.54, 1.807) is 7.11 Å². The van der Waals surface area contributed by atoms with E-state index in [4.69, 9.17) is 9.47 Å². The second-order valence-corrected chi connectivity index (χ2v) is 8.37. The Kier molecular flexibility index (Phi) is 6.02. The third kappa shape index (κ3) is 4.45. The van der Waals surface area contributed by atoms with Crippen LogP contribution in [0, 0.1) is 5.92 Å². The summed E-state index contributed by atoms with van der Waals surface area (Å²) in [6, 6.07) is 10.9. The molecule has 1 aliphatic heterocycles. The normalized spacial score (nSPS) is 15.7. The first kappa shape index (κ1) is 21.0. The number of fused-ring (bicyclic) bond motifs is 1. The maximum atomic E-state index is 10.5. The fourth-order valence-corrected chi connectivity index (χ4v) is 4.13. The molecule has 0 radical (unpaired) electrons. The van der Waals surface area contributed by atoms with E-state index in [9.17, 15) is 10.2 Å². The molecule has 1 unspecified atom stereocenters. The van der Waals surface area contributed by atoms with Crippen molar-refractivity contribution >= 4 is 0 Å². The Morgan fingerprint density at radius 1 is 1.13 bits per heavy atom. The molecule has 2 N–H and O–H groups in total. The van der Waals surface area contributed by atoms with Gasteiger partial charge >= 0.3 is 0 Å². The third-order valence-corrected chi connectivity index (χ3v) is 5.93. The van der Waals surface area contributed by atoms with Crippen LogP contribution in [0.2, 0.25) is 0 Å². The first-order valence-electron chi connectivity index (χ1n) is 10.7. The first-order valence-corrected chi connectivity index (χ1v) is 10.7. The van der Waals surface area contributed by atoms with E-state index < -0.39 is 0 Å². The number of ether oxygens (including phenoxy) is 2. The molecule has 2 aromatic carbocycles. The zero-order chi connectivity index (χ0) is 22.0. The fraction of sp³-hybridized carbons (Fsp3) is 0.417. The van der Waals surface area contributed by atoms with E-state index in [0.29, 0.717) is 23.8 Å². The third-order valence-electron chi connectivity index (χ3n) is 5.93. The van der Waals surface area contributed by atoms with Crippen LogP contribution in [0.4, 0.5) is 0 Å². The molecule has 0 aliphatic carbocycles. The minimum atomic E-state index is 0.0219. The van der Waals surface area contributed by atoms with Gasteiger partial charge in [0.1, 0.15) is 28.7 Å². The van der Waals surface area contributed by atoms with Gasteiger partial charge in [0.15, 0.2) is 0 Å². The summed E-state index contributed by atoms with van der Waals surface area (Å²) in [5.74, 6) is 2.28. The van der Waals surface area contributed by atoms with E-state index in [-0.39, 0.29) is 17.4 Å². The number of aromatic hydroxyl groups is 2. The molecule has 164 valence electrons. The topological polar surface area (TPSA) is 89.6 Å². The minimum Gasteiger partial charge on any atom is -0.508 e. The summed E-state index contributed by atoms with van der Waals surface area (Å²) in [6.07, 6.45) is 2.75. The lowest BCUT2D eigenvalue weighted by Crippen LogP contribution is -2.21. The minimum absolute atomic E-state index is 0.0219. The molecule has 0 saturated heterocycles. The smallest absolute Gasteiger partial charge is 0.128 e. The quantitative estimate of drug-likeness (QED) is 0.581. The molecule has 7 nitrogen and oxygen atoms in total. The van der Waals surface area contributed by atoms with Gasteiger partial charge in [0.25, 0.3) is 0 Å². The number of hydrogen-bond acceptors (Lipinski definition) is 6. The molecule has 0 spiro atoms. The molecule has 3 aromatic rings. The lowest BCUT2D eigenvalue weighted by Gasteiger charge is -2.23. The predicted octanol–water partition coefficient (Wildman–Crippen LogP) is 4.52. The van der Waals surface area contributed by atoms with Crippen LogP contribution in [0.3, 0.4) is 0 Å². The molecular formula is C24H29N3O4. The molecule has 1 aliphatic rings. The Balaban J connectivity index is 1.48. The van der Waals surface area contributed by atoms with Crippen molar-refractivity contribution in [2.45, 2.75) is 45.6 Å². The molecule has 1 atom stereocenters. The highest BCUT2D eigenvalue weighted by Gasteiger charge is 2.26. The molecule has 0 bridgehead atoms. The highest BCUT2D eigenvalue weighted by molar-refractivity contribution is 5.71. The number of aromatic nitrogens is 3. The Bertz CT molecular complexity index is 1060. The molecule has 31 heavy (non-hydrogen) atoms. The maximum absolute atomic E-state index is 10.5. The van der Waals surface area contributed by atoms with Crippen LogP contribution < -0.4 is 9.47 Å². The monoisotopic (exact) mass is 423 g/mol. The van der Waals surface area contributed by atoms with Crippen LogP contribution in [-0.2, 0) is 13.0 Å². The van der Waals surface area contributed by atoms with Gasteiger partial charge in [0, 0.05) is 24.2 Å². The van der Waals surface area contributed by atoms with Crippen molar-refractivity contribution in [3.8, 4) is 34.3 Å². The second-order valence-electron chi connectivity index (χ2n) is 8.37. The van der Waals surface area contributed by atoms with Gasteiger partial charge in [-0.2, -0.15) is 0 Å². The van der Waals surface area contributed by atoms with Crippen molar-refractivity contribution in [3.05, 3.63) is 47.7 Å². The van der Waals surface area contributed by atoms with E-state index >= 15 is 0 Å². The van der Waals surface area contributed by atoms with Crippen molar-refractivity contribution in [3.63, 3.8) is 0 Å². The second kappa shape index (κ2) is 8.88. The molecule has 2 heterocycles. The first-order chi connectivity index (χ1) is 15.0. The average molecular weight is 424 g/mol. The van der Waals surface area contributed by atoms with Gasteiger partial charge in [-0.15, -0.1) is 5.10 Å². The number of phenolic OH excluding ortho intramolecular Hbond substituents is 2. The number of rotatable bonds is 7. The van der Waals surface area contributed by atoms with Gasteiger partial charge in [0.2, 0.25) is 0 Å². The largest absolute Gasteiger partial charge is 0.508 e. The zero-order valence-electron chi connectivity index (χ0n) is 18.2. The Hall–Kier alpha value is -3.22. The predicted molar refractivity (Wildman–Crippen MR) is 118 cm³/mol. The van der Waals surface area contributed by atoms with Gasteiger partial charge in [0.05, 0.1) is 19.4 Å². The van der Waals surface area contributed by atoms with Crippen LogP contribution >= 0.6 is 0 Å². The Labute approximate surface area is 182 Å². The lowest BCUT2D eigenvalue weighted by molar-refractivity contribution is 0.251. The number of aryl methyl sites for hydroxylation is 1. The van der Waals surface area contributed by atoms with Crippen LogP contribution in [0.25, 0.3) is 11.3 Å². The zero-order valence-corrected chi connectivity index (χ0v) is 18.2. The highest BCUT2D eigenvalue weighted by atomic mass is 16.5. The summed E-state index contributed by atoms with van der Waals surface area (Å²) in [7, 11) is 1.64. The van der Waals surface area contributed by atoms with Crippen LogP contribution in [0.1, 0.15) is 43.9 Å². The van der Waals surface area contributed by atoms with Gasteiger partial charge in [-0.3, -0.25) is 0 Å². The summed E-state index contributed by atoms with van der Waals surface area (Å²) >= 11 is 0. The standard InChI is InChI=1S/C24H29N3O4/c1-15(2)19-13-20(23(29)14-22(19)28)24-21-11-16(7-9-27(21)26-25-24)8-10-31-18-6-4-5-17(12-18)30-3/h4-6,12-16,28-29H,7-11H2,1-3H3. The van der Waals surface area contributed by atoms with Crippen molar-refractivity contribution < 1.29 is 19.7 Å². The van der Waals surface area contributed by atoms with E-state index in [0.717, 1.165) is 48.6 Å². The van der Waals surface area contributed by atoms with Crippen molar-refractivity contribution in [2.75, 3.05) is 13.7 Å². The summed E-state index contributed by atoms with van der Waals surface area (Å²) < 4.78 is 13.1. The molecule has 0 amide bonds. The van der Waals surface area contributed by atoms with Gasteiger partial charge < -0.3 is 19.7 Å². The van der Waals surface area contributed by atoms with E-state index in [1.165, 1.54) is 6.07 Å². The van der Waals surface area contributed by atoms with Gasteiger partial charge in [-0.1, -0.05) is 25.1 Å². The summed E-state index contributed by atoms with van der Waals surface area (Å²) in [5, 5.41) is 29.3. The fourth-order valence-electron chi connectivity index (χ4n) is 4.13. The summed E-state index contributed by atoms with van der Waals surface area (Å²) in [6.45, 7) is 5.43. The van der Waals surface area contributed by atoms with Crippen molar-refractivity contribution in [1.29, 1.82) is 0 Å². The molecule has 4 rings (SSSR count). The van der Waals surface area contributed by atoms with E-state index in [1.807, 2.05) is 48.9 Å². The maximum Gasteiger partial charge on any atom is 0.128 e. The Morgan fingerprint density at radius 2 is 1.94 bits per heavy atom. The SMILES string of the molecule is COc1cccc(OCCC2CCn3nnc(-c4cc(C(C)C)c(O)cc4O)c3C2)c1. The van der Waals surface area contributed by atoms with Crippen LogP contribution in [0.5, 0.6) is 23.0 Å². The molecule has 1 aromatic heterocycles. The highest BCUT2D eigenvalue weighted by Crippen LogP contribution is 2.39. The summed E-state index contributed by atoms with van der Waals surface area (Å²) in [4.78, 5) is 0. The molecular weight excluding hydrogens is 394 g/mol. The lowest BCUT2D eigenvalue weighted by atomic mass is 9.90. The number of benzene rings is 2. The number of hydrogen-bond donors (Lipinski definition) is 2. The average Bonchev–Trinajstić information content (AvgIpc) is 3.17. The van der Waals surface area contributed by atoms with Crippen LogP contribution in [0.15, 0.2) is 36.4 Å². The van der Waals surface area contributed by atoms with E-state index in [2.05, 4.69) is 10.3 Å². The molecule has 0 fully saturated rings. The van der Waals surface area contributed by atoms with Gasteiger partial charge in [-0.25, -0.2) is 4.68 Å². The van der Waals surface area contributed by atoms with Crippen molar-refractivity contribution in [1.82, 2.24) is 15.0 Å². The van der Waals surface area contributed by atoms with Crippen molar-refractivity contribution in [2.24, 2.45) is 5.92 Å². The molecule has 7 heteroatoms. The van der Waals surface area contributed by atoms with Gasteiger partial charge in [-0.05, 0) is 54.9 Å².